The van der Waals surface area contributed by atoms with Crippen LogP contribution < -0.4 is 10.6 Å². The molecule has 0 spiro atoms. The number of amides is 1. The zero-order valence-corrected chi connectivity index (χ0v) is 10.9. The molecular formula is C12H17N3O4. The summed E-state index contributed by atoms with van der Waals surface area (Å²) in [5, 5.41) is 10.5. The Labute approximate surface area is 111 Å². The molecule has 1 unspecified atom stereocenters. The Bertz CT molecular complexity index is 447. The fraction of sp³-hybridized carbons (Fsp3) is 0.417. The van der Waals surface area contributed by atoms with E-state index >= 15 is 0 Å². The van der Waals surface area contributed by atoms with Crippen LogP contribution in [0.15, 0.2) is 24.3 Å². The van der Waals surface area contributed by atoms with Gasteiger partial charge in [0, 0.05) is 38.6 Å². The van der Waals surface area contributed by atoms with E-state index in [1.807, 2.05) is 0 Å². The van der Waals surface area contributed by atoms with Crippen molar-refractivity contribution < 1.29 is 14.5 Å². The van der Waals surface area contributed by atoms with Gasteiger partial charge in [-0.1, -0.05) is 0 Å². The second kappa shape index (κ2) is 6.81. The first-order valence-electron chi connectivity index (χ1n) is 5.74. The Balaban J connectivity index is 2.73. The van der Waals surface area contributed by atoms with Gasteiger partial charge in [-0.3, -0.25) is 14.9 Å². The van der Waals surface area contributed by atoms with E-state index in [0.717, 1.165) is 0 Å². The minimum absolute atomic E-state index is 0.0201. The van der Waals surface area contributed by atoms with E-state index in [4.69, 9.17) is 10.5 Å². The second-order valence-corrected chi connectivity index (χ2v) is 4.06. The molecule has 0 aromatic heterocycles. The molecular weight excluding hydrogens is 250 g/mol. The zero-order valence-electron chi connectivity index (χ0n) is 10.9. The molecule has 0 aliphatic rings. The lowest BCUT2D eigenvalue weighted by Gasteiger charge is -2.21. The molecule has 104 valence electrons. The van der Waals surface area contributed by atoms with Crippen LogP contribution in [0.4, 0.5) is 11.4 Å². The van der Waals surface area contributed by atoms with Crippen molar-refractivity contribution in [2.75, 3.05) is 25.7 Å². The third-order valence-electron chi connectivity index (χ3n) is 2.73. The van der Waals surface area contributed by atoms with Crippen molar-refractivity contribution in [1.29, 1.82) is 0 Å². The molecule has 2 N–H and O–H groups in total. The Morgan fingerprint density at radius 2 is 2.05 bits per heavy atom. The molecule has 7 heteroatoms. The first kappa shape index (κ1) is 15.1. The van der Waals surface area contributed by atoms with Crippen LogP contribution in [-0.2, 0) is 9.53 Å². The molecule has 0 saturated heterocycles. The predicted octanol–water partition coefficient (Wildman–Crippen LogP) is 0.921. The summed E-state index contributed by atoms with van der Waals surface area (Å²) >= 11 is 0. The van der Waals surface area contributed by atoms with E-state index in [1.165, 1.54) is 36.3 Å². The molecule has 1 atom stereocenters. The number of nitrogens with two attached hydrogens (primary N) is 1. The maximum absolute atomic E-state index is 12.0. The van der Waals surface area contributed by atoms with Gasteiger partial charge in [-0.2, -0.15) is 0 Å². The van der Waals surface area contributed by atoms with E-state index in [-0.39, 0.29) is 11.6 Å². The minimum atomic E-state index is -0.653. The van der Waals surface area contributed by atoms with Crippen LogP contribution in [0, 0.1) is 10.1 Å². The zero-order chi connectivity index (χ0) is 14.4. The van der Waals surface area contributed by atoms with Gasteiger partial charge in [0.25, 0.3) is 5.69 Å². The van der Waals surface area contributed by atoms with Crippen LogP contribution in [-0.4, -0.2) is 37.6 Å². The van der Waals surface area contributed by atoms with Crippen molar-refractivity contribution in [2.45, 2.75) is 12.5 Å². The van der Waals surface area contributed by atoms with Gasteiger partial charge >= 0.3 is 0 Å². The molecule has 0 heterocycles. The summed E-state index contributed by atoms with van der Waals surface area (Å²) in [4.78, 5) is 23.4. The standard InChI is InChI=1S/C12H17N3O4/c1-14(12(16)11(13)7-8-19-2)9-3-5-10(6-4-9)15(17)18/h3-6,11H,7-8,13H2,1-2H3. The highest BCUT2D eigenvalue weighted by Crippen LogP contribution is 2.18. The highest BCUT2D eigenvalue weighted by atomic mass is 16.6. The van der Waals surface area contributed by atoms with Crippen LogP contribution >= 0.6 is 0 Å². The molecule has 0 aliphatic carbocycles. The smallest absolute Gasteiger partial charge is 0.269 e. The lowest BCUT2D eigenvalue weighted by Crippen LogP contribution is -2.42. The molecule has 1 aromatic carbocycles. The summed E-state index contributed by atoms with van der Waals surface area (Å²) in [6.07, 6.45) is 0.423. The minimum Gasteiger partial charge on any atom is -0.385 e. The fourth-order valence-corrected chi connectivity index (χ4v) is 1.54. The van der Waals surface area contributed by atoms with E-state index in [1.54, 1.807) is 7.05 Å². The molecule has 0 radical (unpaired) electrons. The molecule has 19 heavy (non-hydrogen) atoms. The van der Waals surface area contributed by atoms with Crippen LogP contribution in [0.25, 0.3) is 0 Å². The van der Waals surface area contributed by atoms with Crippen LogP contribution in [0.3, 0.4) is 0 Å². The van der Waals surface area contributed by atoms with Crippen molar-refractivity contribution in [3.05, 3.63) is 34.4 Å². The number of benzene rings is 1. The number of carbonyl (C=O) groups excluding carboxylic acids is 1. The number of non-ortho nitro benzene ring substituents is 1. The van der Waals surface area contributed by atoms with Crippen molar-refractivity contribution in [3.8, 4) is 0 Å². The highest BCUT2D eigenvalue weighted by molar-refractivity contribution is 5.96. The van der Waals surface area contributed by atoms with Gasteiger partial charge in [-0.25, -0.2) is 0 Å². The van der Waals surface area contributed by atoms with Crippen molar-refractivity contribution >= 4 is 17.3 Å². The van der Waals surface area contributed by atoms with E-state index in [0.29, 0.717) is 18.7 Å². The third-order valence-corrected chi connectivity index (χ3v) is 2.73. The number of hydrogen-bond acceptors (Lipinski definition) is 5. The predicted molar refractivity (Wildman–Crippen MR) is 71.0 cm³/mol. The molecule has 0 bridgehead atoms. The topological polar surface area (TPSA) is 98.7 Å². The van der Waals surface area contributed by atoms with Gasteiger partial charge in [0.2, 0.25) is 5.91 Å². The number of hydrogen-bond donors (Lipinski definition) is 1. The number of likely N-dealkylation sites (N-methyl/N-ethyl adjacent to an activating group) is 1. The Kier molecular flexibility index (Phi) is 5.40. The van der Waals surface area contributed by atoms with Crippen molar-refractivity contribution in [3.63, 3.8) is 0 Å². The number of carbonyl (C=O) groups is 1. The second-order valence-electron chi connectivity index (χ2n) is 4.06. The quantitative estimate of drug-likeness (QED) is 0.610. The van der Waals surface area contributed by atoms with Crippen LogP contribution in [0.5, 0.6) is 0 Å². The Morgan fingerprint density at radius 3 is 2.53 bits per heavy atom. The van der Waals surface area contributed by atoms with E-state index in [9.17, 15) is 14.9 Å². The SMILES string of the molecule is COCCC(N)C(=O)N(C)c1ccc([N+](=O)[O-])cc1. The largest absolute Gasteiger partial charge is 0.385 e. The third kappa shape index (κ3) is 4.01. The van der Waals surface area contributed by atoms with Gasteiger partial charge in [-0.15, -0.1) is 0 Å². The van der Waals surface area contributed by atoms with E-state index < -0.39 is 11.0 Å². The summed E-state index contributed by atoms with van der Waals surface area (Å²) in [7, 11) is 3.12. The fourth-order valence-electron chi connectivity index (χ4n) is 1.54. The maximum Gasteiger partial charge on any atom is 0.269 e. The van der Waals surface area contributed by atoms with E-state index in [2.05, 4.69) is 0 Å². The molecule has 0 aliphatic heterocycles. The molecule has 1 rings (SSSR count). The van der Waals surface area contributed by atoms with Crippen LogP contribution in [0.1, 0.15) is 6.42 Å². The lowest BCUT2D eigenvalue weighted by atomic mass is 10.2. The van der Waals surface area contributed by atoms with Gasteiger partial charge in [0.15, 0.2) is 0 Å². The average molecular weight is 267 g/mol. The molecule has 7 nitrogen and oxygen atoms in total. The molecule has 1 aromatic rings. The van der Waals surface area contributed by atoms with Gasteiger partial charge in [0.1, 0.15) is 0 Å². The average Bonchev–Trinajstić information content (AvgIpc) is 2.43. The Morgan fingerprint density at radius 1 is 1.47 bits per heavy atom. The van der Waals surface area contributed by atoms with Gasteiger partial charge in [-0.05, 0) is 18.6 Å². The summed E-state index contributed by atoms with van der Waals surface area (Å²) in [5.74, 6) is -0.258. The molecule has 1 amide bonds. The number of rotatable bonds is 6. The van der Waals surface area contributed by atoms with Crippen LogP contribution in [0.2, 0.25) is 0 Å². The normalized spacial score (nSPS) is 11.9. The highest BCUT2D eigenvalue weighted by Gasteiger charge is 2.19. The molecule has 0 saturated carbocycles. The molecule has 0 fully saturated rings. The summed E-state index contributed by atoms with van der Waals surface area (Å²) in [5.41, 5.74) is 6.28. The maximum atomic E-state index is 12.0. The summed E-state index contributed by atoms with van der Waals surface area (Å²) < 4.78 is 4.86. The number of anilines is 1. The van der Waals surface area contributed by atoms with Crippen molar-refractivity contribution in [1.82, 2.24) is 0 Å². The number of methoxy groups -OCH3 is 1. The van der Waals surface area contributed by atoms with Crippen molar-refractivity contribution in [2.24, 2.45) is 5.73 Å². The first-order chi connectivity index (χ1) is 8.97. The summed E-state index contributed by atoms with van der Waals surface area (Å²) in [6.45, 7) is 0.404. The number of ether oxygens (including phenoxy) is 1. The Hall–Kier alpha value is -1.99. The number of nitro benzene ring substituents is 1. The summed E-state index contributed by atoms with van der Waals surface area (Å²) in [6, 6.07) is 5.07. The number of nitro groups is 1. The van der Waals surface area contributed by atoms with Gasteiger partial charge < -0.3 is 15.4 Å². The lowest BCUT2D eigenvalue weighted by molar-refractivity contribution is -0.384. The first-order valence-corrected chi connectivity index (χ1v) is 5.74. The number of nitrogens with zero attached hydrogens (tertiary/aromatic N) is 2. The van der Waals surface area contributed by atoms with Gasteiger partial charge in [0.05, 0.1) is 11.0 Å². The monoisotopic (exact) mass is 267 g/mol.